The molecule has 0 N–H and O–H groups in total. The van der Waals surface area contributed by atoms with Crippen molar-refractivity contribution in [3.8, 4) is 12.1 Å². The van der Waals surface area contributed by atoms with Crippen LogP contribution < -0.4 is 15.3 Å². The highest BCUT2D eigenvalue weighted by Gasteiger charge is 2.39. The molecule has 170 valence electrons. The second-order valence-electron chi connectivity index (χ2n) is 10.2. The number of fused-ring (bicyclic) bond motifs is 2. The Hall–Kier alpha value is -4.12. The van der Waals surface area contributed by atoms with Crippen molar-refractivity contribution in [1.29, 1.82) is 10.5 Å². The van der Waals surface area contributed by atoms with Gasteiger partial charge in [-0.05, 0) is 52.7 Å². The molecule has 1 aliphatic heterocycles. The molecule has 1 aliphatic rings. The van der Waals surface area contributed by atoms with E-state index in [2.05, 4.69) is 117 Å². The van der Waals surface area contributed by atoms with E-state index >= 15 is 0 Å². The average molecular weight is 470 g/mol. The van der Waals surface area contributed by atoms with Gasteiger partial charge < -0.3 is 4.90 Å². The highest BCUT2D eigenvalue weighted by atomic mass is 28.3. The Labute approximate surface area is 208 Å². The van der Waals surface area contributed by atoms with E-state index in [1.807, 2.05) is 12.1 Å². The molecule has 0 radical (unpaired) electrons. The maximum Gasteiger partial charge on any atom is 0.115 e. The monoisotopic (exact) mass is 469 g/mol. The van der Waals surface area contributed by atoms with Crippen molar-refractivity contribution in [2.45, 2.75) is 32.4 Å². The van der Waals surface area contributed by atoms with Crippen molar-refractivity contribution in [1.82, 2.24) is 0 Å². The van der Waals surface area contributed by atoms with Crippen molar-refractivity contribution >= 4 is 35.5 Å². The number of hydrogen-bond donors (Lipinski definition) is 0. The van der Waals surface area contributed by atoms with Crippen LogP contribution in [0.1, 0.15) is 36.1 Å². The first kappa shape index (κ1) is 22.7. The zero-order valence-electron chi connectivity index (χ0n) is 20.5. The Balaban J connectivity index is 1.78. The molecule has 4 aromatic rings. The quantitative estimate of drug-likeness (QED) is 0.328. The summed E-state index contributed by atoms with van der Waals surface area (Å²) >= 11 is 0. The molecule has 4 aromatic carbocycles. The molecule has 0 saturated carbocycles. The number of anilines is 3. The second-order valence-corrected chi connectivity index (χ2v) is 14.5. The van der Waals surface area contributed by atoms with E-state index in [0.717, 1.165) is 10.9 Å². The standard InChI is InChI=1S/C31H27N3Si/c1-31(2)25-11-5-7-13-27(25)34(28-14-8-6-12-26(28)31)29-15-9-10-16-30(29)35(3,4)24-18-22(20-32)17-23(19-24)21-33/h5-19H,1-4H3. The Morgan fingerprint density at radius 2 is 1.11 bits per heavy atom. The third kappa shape index (κ3) is 3.55. The summed E-state index contributed by atoms with van der Waals surface area (Å²) in [5, 5.41) is 21.5. The summed E-state index contributed by atoms with van der Waals surface area (Å²) in [7, 11) is -2.30. The summed E-state index contributed by atoms with van der Waals surface area (Å²) in [6.45, 7) is 9.19. The van der Waals surface area contributed by atoms with Crippen LogP contribution in [0.2, 0.25) is 13.1 Å². The Kier molecular flexibility index (Phi) is 5.36. The van der Waals surface area contributed by atoms with Crippen LogP contribution >= 0.6 is 0 Å². The van der Waals surface area contributed by atoms with Gasteiger partial charge in [-0.25, -0.2) is 0 Å². The maximum atomic E-state index is 9.59. The fourth-order valence-electron chi connectivity index (χ4n) is 5.40. The zero-order chi connectivity index (χ0) is 24.8. The minimum atomic E-state index is -2.30. The molecule has 0 aliphatic carbocycles. The molecule has 0 saturated heterocycles. The lowest BCUT2D eigenvalue weighted by Gasteiger charge is -2.43. The molecular formula is C31H27N3Si. The molecule has 0 aromatic heterocycles. The molecule has 0 atom stereocenters. The van der Waals surface area contributed by atoms with Gasteiger partial charge in [-0.1, -0.05) is 86.7 Å². The fourth-order valence-corrected chi connectivity index (χ4v) is 8.09. The van der Waals surface area contributed by atoms with E-state index in [4.69, 9.17) is 0 Å². The summed E-state index contributed by atoms with van der Waals surface area (Å²) in [5.41, 5.74) is 7.08. The lowest BCUT2D eigenvalue weighted by atomic mass is 9.73. The molecule has 5 rings (SSSR count). The van der Waals surface area contributed by atoms with E-state index < -0.39 is 8.07 Å². The zero-order valence-corrected chi connectivity index (χ0v) is 21.5. The molecule has 35 heavy (non-hydrogen) atoms. The summed E-state index contributed by atoms with van der Waals surface area (Å²) in [6.07, 6.45) is 0. The largest absolute Gasteiger partial charge is 0.310 e. The third-order valence-electron chi connectivity index (χ3n) is 7.37. The molecule has 1 heterocycles. The van der Waals surface area contributed by atoms with Gasteiger partial charge in [-0.3, -0.25) is 0 Å². The Bertz CT molecular complexity index is 1450. The third-order valence-corrected chi connectivity index (χ3v) is 10.9. The van der Waals surface area contributed by atoms with Crippen LogP contribution in [0.4, 0.5) is 17.1 Å². The molecule has 4 heteroatoms. The van der Waals surface area contributed by atoms with E-state index in [1.54, 1.807) is 6.07 Å². The first-order valence-electron chi connectivity index (χ1n) is 11.8. The van der Waals surface area contributed by atoms with Crippen LogP contribution in [0.3, 0.4) is 0 Å². The minimum Gasteiger partial charge on any atom is -0.310 e. The first-order valence-corrected chi connectivity index (χ1v) is 14.8. The molecule has 0 bridgehead atoms. The van der Waals surface area contributed by atoms with E-state index in [1.165, 1.54) is 27.7 Å². The number of nitrogens with zero attached hydrogens (tertiary/aromatic N) is 3. The topological polar surface area (TPSA) is 50.8 Å². The number of benzene rings is 4. The molecule has 0 spiro atoms. The normalized spacial score (nSPS) is 13.8. The van der Waals surface area contributed by atoms with Crippen LogP contribution in [-0.4, -0.2) is 8.07 Å². The highest BCUT2D eigenvalue weighted by Crippen LogP contribution is 2.51. The predicted molar refractivity (Wildman–Crippen MR) is 146 cm³/mol. The van der Waals surface area contributed by atoms with E-state index in [0.29, 0.717) is 11.1 Å². The van der Waals surface area contributed by atoms with Crippen LogP contribution in [0, 0.1) is 22.7 Å². The number of nitriles is 2. The van der Waals surface area contributed by atoms with Crippen LogP contribution in [0.25, 0.3) is 0 Å². The summed E-state index contributed by atoms with van der Waals surface area (Å²) in [6, 6.07) is 36.0. The molecule has 3 nitrogen and oxygen atoms in total. The van der Waals surface area contributed by atoms with Gasteiger partial charge in [0.1, 0.15) is 8.07 Å². The van der Waals surface area contributed by atoms with Crippen LogP contribution in [-0.2, 0) is 5.41 Å². The maximum absolute atomic E-state index is 9.59. The second kappa shape index (κ2) is 8.27. The molecule has 0 unspecified atom stereocenters. The summed E-state index contributed by atoms with van der Waals surface area (Å²) in [5.74, 6) is 0. The van der Waals surface area contributed by atoms with E-state index in [9.17, 15) is 10.5 Å². The SMILES string of the molecule is CC1(C)c2ccccc2N(c2ccccc2[Si](C)(C)c2cc(C#N)cc(C#N)c2)c2ccccc21. The number of rotatable bonds is 3. The van der Waals surface area contributed by atoms with E-state index in [-0.39, 0.29) is 5.41 Å². The van der Waals surface area contributed by atoms with Gasteiger partial charge in [0, 0.05) is 11.1 Å². The van der Waals surface area contributed by atoms with Crippen molar-refractivity contribution in [2.24, 2.45) is 0 Å². The Morgan fingerprint density at radius 1 is 0.657 bits per heavy atom. The molecular weight excluding hydrogens is 442 g/mol. The average Bonchev–Trinajstić information content (AvgIpc) is 2.89. The minimum absolute atomic E-state index is 0.117. The first-order chi connectivity index (χ1) is 16.8. The number of hydrogen-bond acceptors (Lipinski definition) is 3. The van der Waals surface area contributed by atoms with Gasteiger partial charge in [0.15, 0.2) is 0 Å². The molecule has 0 amide bonds. The number of para-hydroxylation sites is 3. The van der Waals surface area contributed by atoms with Crippen molar-refractivity contribution in [3.63, 3.8) is 0 Å². The van der Waals surface area contributed by atoms with Crippen LogP contribution in [0.5, 0.6) is 0 Å². The van der Waals surface area contributed by atoms with Crippen LogP contribution in [0.15, 0.2) is 91.0 Å². The van der Waals surface area contributed by atoms with Gasteiger partial charge in [0.2, 0.25) is 0 Å². The summed E-state index contributed by atoms with van der Waals surface area (Å²) in [4.78, 5) is 2.40. The lowest BCUT2D eigenvalue weighted by molar-refractivity contribution is 0.632. The summed E-state index contributed by atoms with van der Waals surface area (Å²) < 4.78 is 0. The molecule has 0 fully saturated rings. The van der Waals surface area contributed by atoms with Crippen molar-refractivity contribution in [3.05, 3.63) is 113 Å². The predicted octanol–water partition coefficient (Wildman–Crippen LogP) is 6.36. The van der Waals surface area contributed by atoms with Gasteiger partial charge in [0.05, 0.1) is 34.6 Å². The fraction of sp³-hybridized carbons (Fsp3) is 0.161. The Morgan fingerprint density at radius 3 is 1.63 bits per heavy atom. The van der Waals surface area contributed by atoms with Gasteiger partial charge in [-0.2, -0.15) is 10.5 Å². The van der Waals surface area contributed by atoms with Crippen molar-refractivity contribution < 1.29 is 0 Å². The van der Waals surface area contributed by atoms with Gasteiger partial charge in [0.25, 0.3) is 0 Å². The highest BCUT2D eigenvalue weighted by molar-refractivity contribution is 7.01. The lowest BCUT2D eigenvalue weighted by Crippen LogP contribution is -2.54. The van der Waals surface area contributed by atoms with Crippen molar-refractivity contribution in [2.75, 3.05) is 4.90 Å². The van der Waals surface area contributed by atoms with Gasteiger partial charge >= 0.3 is 0 Å². The smallest absolute Gasteiger partial charge is 0.115 e. The van der Waals surface area contributed by atoms with Gasteiger partial charge in [-0.15, -0.1) is 0 Å².